The summed E-state index contributed by atoms with van der Waals surface area (Å²) in [6.45, 7) is 2.39. The number of ether oxygens (including phenoxy) is 2. The second kappa shape index (κ2) is 13.4. The van der Waals surface area contributed by atoms with Crippen LogP contribution in [0, 0.1) is 5.92 Å². The molecule has 0 unspecified atom stereocenters. The highest BCUT2D eigenvalue weighted by Crippen LogP contribution is 2.24. The number of esters is 1. The first-order valence-electron chi connectivity index (χ1n) is 12.0. The predicted molar refractivity (Wildman–Crippen MR) is 129 cm³/mol. The first-order valence-corrected chi connectivity index (χ1v) is 12.0. The molecule has 0 bridgehead atoms. The summed E-state index contributed by atoms with van der Waals surface area (Å²) in [4.78, 5) is 37.7. The molecule has 2 aromatic rings. The van der Waals surface area contributed by atoms with Crippen molar-refractivity contribution in [3.63, 3.8) is 0 Å². The van der Waals surface area contributed by atoms with E-state index in [4.69, 9.17) is 9.47 Å². The van der Waals surface area contributed by atoms with Gasteiger partial charge in [0.1, 0.15) is 19.3 Å². The summed E-state index contributed by atoms with van der Waals surface area (Å²) in [6.07, 6.45) is 3.64. The van der Waals surface area contributed by atoms with Crippen LogP contribution in [-0.2, 0) is 32.3 Å². The van der Waals surface area contributed by atoms with Crippen LogP contribution in [0.4, 0.5) is 4.79 Å². The predicted octanol–water partition coefficient (Wildman–Crippen LogP) is 4.50. The molecular formula is C27H34N2O5. The van der Waals surface area contributed by atoms with E-state index in [1.54, 1.807) is 0 Å². The van der Waals surface area contributed by atoms with Gasteiger partial charge in [-0.3, -0.25) is 9.59 Å². The molecule has 1 fully saturated rings. The first kappa shape index (κ1) is 25.3. The first-order chi connectivity index (χ1) is 16.5. The average molecular weight is 467 g/mol. The zero-order valence-electron chi connectivity index (χ0n) is 19.7. The number of rotatable bonds is 10. The van der Waals surface area contributed by atoms with Crippen LogP contribution in [0.25, 0.3) is 0 Å². The second-order valence-corrected chi connectivity index (χ2v) is 8.82. The molecule has 0 aromatic heterocycles. The fourth-order valence-corrected chi connectivity index (χ4v) is 4.06. The van der Waals surface area contributed by atoms with Crippen molar-refractivity contribution in [2.45, 2.75) is 70.7 Å². The Kier molecular flexibility index (Phi) is 9.95. The maximum Gasteiger partial charge on any atom is 0.408 e. The van der Waals surface area contributed by atoms with E-state index in [0.717, 1.165) is 36.8 Å². The molecule has 2 aromatic carbocycles. The lowest BCUT2D eigenvalue weighted by atomic mass is 9.86. The van der Waals surface area contributed by atoms with Gasteiger partial charge in [-0.25, -0.2) is 4.79 Å². The van der Waals surface area contributed by atoms with E-state index >= 15 is 0 Å². The highest BCUT2D eigenvalue weighted by atomic mass is 16.5. The zero-order valence-corrected chi connectivity index (χ0v) is 19.7. The Labute approximate surface area is 201 Å². The van der Waals surface area contributed by atoms with E-state index in [1.807, 2.05) is 60.7 Å². The van der Waals surface area contributed by atoms with E-state index in [9.17, 15) is 14.4 Å². The molecule has 3 rings (SSSR count). The van der Waals surface area contributed by atoms with Gasteiger partial charge in [0.2, 0.25) is 5.91 Å². The number of nitrogens with one attached hydrogen (secondary N) is 2. The van der Waals surface area contributed by atoms with Crippen LogP contribution in [0.1, 0.15) is 56.6 Å². The Balaban J connectivity index is 1.54. The smallest absolute Gasteiger partial charge is 0.408 e. The molecule has 1 saturated carbocycles. The van der Waals surface area contributed by atoms with E-state index in [0.29, 0.717) is 5.92 Å². The molecule has 1 aliphatic carbocycles. The highest BCUT2D eigenvalue weighted by molar-refractivity contribution is 5.86. The van der Waals surface area contributed by atoms with Crippen LogP contribution in [0.3, 0.4) is 0 Å². The maximum absolute atomic E-state index is 13.0. The summed E-state index contributed by atoms with van der Waals surface area (Å²) in [7, 11) is 0. The van der Waals surface area contributed by atoms with Gasteiger partial charge in [0, 0.05) is 12.5 Å². The Hall–Kier alpha value is -3.35. The Bertz CT molecular complexity index is 919. The quantitative estimate of drug-likeness (QED) is 0.503. The van der Waals surface area contributed by atoms with Crippen LogP contribution in [0.15, 0.2) is 60.7 Å². The van der Waals surface area contributed by atoms with Gasteiger partial charge in [-0.2, -0.15) is 0 Å². The molecule has 7 heteroatoms. The van der Waals surface area contributed by atoms with Crippen molar-refractivity contribution in [2.24, 2.45) is 5.92 Å². The summed E-state index contributed by atoms with van der Waals surface area (Å²) in [5.74, 6) is -0.349. The summed E-state index contributed by atoms with van der Waals surface area (Å²) in [6, 6.07) is 17.9. The van der Waals surface area contributed by atoms with Crippen molar-refractivity contribution < 1.29 is 23.9 Å². The second-order valence-electron chi connectivity index (χ2n) is 8.82. The summed E-state index contributed by atoms with van der Waals surface area (Å²) < 4.78 is 10.6. The van der Waals surface area contributed by atoms with Crippen LogP contribution in [-0.4, -0.2) is 30.1 Å². The molecule has 3 atom stereocenters. The van der Waals surface area contributed by atoms with Crippen molar-refractivity contribution >= 4 is 18.0 Å². The van der Waals surface area contributed by atoms with Gasteiger partial charge in [-0.05, 0) is 36.3 Å². The third-order valence-corrected chi connectivity index (χ3v) is 6.14. The van der Waals surface area contributed by atoms with Crippen LogP contribution < -0.4 is 10.6 Å². The monoisotopic (exact) mass is 466 g/mol. The fourth-order valence-electron chi connectivity index (χ4n) is 4.06. The summed E-state index contributed by atoms with van der Waals surface area (Å²) >= 11 is 0. The van der Waals surface area contributed by atoms with Crippen LogP contribution in [0.5, 0.6) is 0 Å². The molecular weight excluding hydrogens is 432 g/mol. The maximum atomic E-state index is 13.0. The topological polar surface area (TPSA) is 93.7 Å². The van der Waals surface area contributed by atoms with Gasteiger partial charge in [0.25, 0.3) is 0 Å². The van der Waals surface area contributed by atoms with Crippen molar-refractivity contribution in [1.82, 2.24) is 10.6 Å². The minimum atomic E-state index is -0.887. The van der Waals surface area contributed by atoms with Gasteiger partial charge in [-0.1, -0.05) is 80.4 Å². The largest absolute Gasteiger partial charge is 0.461 e. The number of amides is 2. The molecule has 34 heavy (non-hydrogen) atoms. The van der Waals surface area contributed by atoms with Crippen molar-refractivity contribution in [2.75, 3.05) is 0 Å². The zero-order chi connectivity index (χ0) is 24.2. The summed E-state index contributed by atoms with van der Waals surface area (Å²) in [5.41, 5.74) is 1.73. The standard InChI is InChI=1S/C27H34N2O5/c1-20-10-8-9-15-23(20)28-26(31)24(29-27(32)34-19-22-13-6-3-7-14-22)16-17-25(30)33-18-21-11-4-2-5-12-21/h2-7,11-14,20,23-24H,8-10,15-19H2,1H3,(H,28,31)(H,29,32)/t20-,23+,24-/m0/s1. The van der Waals surface area contributed by atoms with E-state index in [2.05, 4.69) is 17.6 Å². The van der Waals surface area contributed by atoms with Crippen molar-refractivity contribution in [1.29, 1.82) is 0 Å². The number of hydrogen-bond acceptors (Lipinski definition) is 5. The van der Waals surface area contributed by atoms with Crippen molar-refractivity contribution in [3.05, 3.63) is 71.8 Å². The van der Waals surface area contributed by atoms with E-state index in [1.165, 1.54) is 0 Å². The minimum absolute atomic E-state index is 0.00407. The third-order valence-electron chi connectivity index (χ3n) is 6.14. The Morgan fingerprint density at radius 2 is 1.47 bits per heavy atom. The van der Waals surface area contributed by atoms with Gasteiger partial charge in [0.15, 0.2) is 0 Å². The number of carbonyl (C=O) groups is 3. The summed E-state index contributed by atoms with van der Waals surface area (Å²) in [5, 5.41) is 5.71. The molecule has 0 spiro atoms. The molecule has 2 amide bonds. The highest BCUT2D eigenvalue weighted by Gasteiger charge is 2.28. The molecule has 0 aliphatic heterocycles. The molecule has 0 heterocycles. The van der Waals surface area contributed by atoms with Crippen LogP contribution >= 0.6 is 0 Å². The van der Waals surface area contributed by atoms with Gasteiger partial charge in [-0.15, -0.1) is 0 Å². The lowest BCUT2D eigenvalue weighted by Crippen LogP contribution is -2.51. The number of benzene rings is 2. The normalized spacial score (nSPS) is 18.4. The molecule has 0 saturated heterocycles. The SMILES string of the molecule is C[C@H]1CCCC[C@H]1NC(=O)[C@H](CCC(=O)OCc1ccccc1)NC(=O)OCc1ccccc1. The number of carbonyl (C=O) groups excluding carboxylic acids is 3. The van der Waals surface area contributed by atoms with Gasteiger partial charge in [0.05, 0.1) is 0 Å². The molecule has 182 valence electrons. The number of hydrogen-bond donors (Lipinski definition) is 2. The lowest BCUT2D eigenvalue weighted by molar-refractivity contribution is -0.145. The van der Waals surface area contributed by atoms with E-state index < -0.39 is 18.1 Å². The minimum Gasteiger partial charge on any atom is -0.461 e. The lowest BCUT2D eigenvalue weighted by Gasteiger charge is -2.31. The van der Waals surface area contributed by atoms with Gasteiger partial charge < -0.3 is 20.1 Å². The van der Waals surface area contributed by atoms with E-state index in [-0.39, 0.29) is 38.0 Å². The van der Waals surface area contributed by atoms with Crippen LogP contribution in [0.2, 0.25) is 0 Å². The molecule has 7 nitrogen and oxygen atoms in total. The molecule has 2 N–H and O–H groups in total. The average Bonchev–Trinajstić information content (AvgIpc) is 2.86. The third kappa shape index (κ3) is 8.54. The number of alkyl carbamates (subject to hydrolysis) is 1. The van der Waals surface area contributed by atoms with Crippen molar-refractivity contribution in [3.8, 4) is 0 Å². The fraction of sp³-hybridized carbons (Fsp3) is 0.444. The molecule has 0 radical (unpaired) electrons. The Morgan fingerprint density at radius 3 is 2.09 bits per heavy atom. The van der Waals surface area contributed by atoms with Gasteiger partial charge >= 0.3 is 12.1 Å². The Morgan fingerprint density at radius 1 is 0.882 bits per heavy atom. The molecule has 1 aliphatic rings.